The fourth-order valence-electron chi connectivity index (χ4n) is 2.12. The molecule has 1 atom stereocenters. The average Bonchev–Trinajstić information content (AvgIpc) is 2.45. The summed E-state index contributed by atoms with van der Waals surface area (Å²) in [6.07, 6.45) is 2.36. The fourth-order valence-corrected chi connectivity index (χ4v) is 2.56. The van der Waals surface area contributed by atoms with Crippen LogP contribution in [0.5, 0.6) is 0 Å². The Kier molecular flexibility index (Phi) is 2.93. The van der Waals surface area contributed by atoms with Crippen LogP contribution < -0.4 is 5.32 Å². The van der Waals surface area contributed by atoms with E-state index in [9.17, 15) is 0 Å². The highest BCUT2D eigenvalue weighted by molar-refractivity contribution is 9.10. The SMILES string of the molecule is CNCC1CCc2nc(C)c(Br)n2C1. The van der Waals surface area contributed by atoms with Crippen LogP contribution in [0.2, 0.25) is 0 Å². The Morgan fingerprint density at radius 1 is 1.64 bits per heavy atom. The van der Waals surface area contributed by atoms with E-state index >= 15 is 0 Å². The maximum Gasteiger partial charge on any atom is 0.109 e. The highest BCUT2D eigenvalue weighted by Gasteiger charge is 2.21. The quantitative estimate of drug-likeness (QED) is 0.875. The molecule has 3 nitrogen and oxygen atoms in total. The van der Waals surface area contributed by atoms with Crippen LogP contribution in [0.15, 0.2) is 4.60 Å². The van der Waals surface area contributed by atoms with Crippen LogP contribution >= 0.6 is 15.9 Å². The van der Waals surface area contributed by atoms with Crippen molar-refractivity contribution >= 4 is 15.9 Å². The van der Waals surface area contributed by atoms with Gasteiger partial charge in [0.25, 0.3) is 0 Å². The zero-order valence-corrected chi connectivity index (χ0v) is 10.3. The molecule has 14 heavy (non-hydrogen) atoms. The maximum absolute atomic E-state index is 4.54. The summed E-state index contributed by atoms with van der Waals surface area (Å²) in [5.74, 6) is 1.99. The van der Waals surface area contributed by atoms with Gasteiger partial charge in [-0.15, -0.1) is 0 Å². The van der Waals surface area contributed by atoms with Gasteiger partial charge in [0.15, 0.2) is 0 Å². The van der Waals surface area contributed by atoms with Gasteiger partial charge in [-0.3, -0.25) is 0 Å². The van der Waals surface area contributed by atoms with E-state index in [1.807, 2.05) is 7.05 Å². The Bertz CT molecular complexity index is 332. The van der Waals surface area contributed by atoms with E-state index < -0.39 is 0 Å². The zero-order valence-electron chi connectivity index (χ0n) is 8.68. The molecule has 2 heterocycles. The molecule has 0 radical (unpaired) electrons. The first-order valence-corrected chi connectivity index (χ1v) is 5.87. The van der Waals surface area contributed by atoms with Crippen molar-refractivity contribution < 1.29 is 0 Å². The number of rotatable bonds is 2. The molecule has 0 spiro atoms. The van der Waals surface area contributed by atoms with E-state index in [4.69, 9.17) is 0 Å². The number of nitrogens with zero attached hydrogens (tertiary/aromatic N) is 2. The monoisotopic (exact) mass is 257 g/mol. The molecular formula is C10H16BrN3. The van der Waals surface area contributed by atoms with Gasteiger partial charge < -0.3 is 9.88 Å². The van der Waals surface area contributed by atoms with Crippen molar-refractivity contribution in [3.05, 3.63) is 16.1 Å². The number of halogens is 1. The molecule has 1 aromatic heterocycles. The van der Waals surface area contributed by atoms with Gasteiger partial charge in [-0.05, 0) is 48.8 Å². The predicted octanol–water partition coefficient (Wildman–Crippen LogP) is 1.74. The molecule has 78 valence electrons. The van der Waals surface area contributed by atoms with Gasteiger partial charge in [-0.2, -0.15) is 0 Å². The Morgan fingerprint density at radius 3 is 3.14 bits per heavy atom. The third-order valence-electron chi connectivity index (χ3n) is 2.85. The lowest BCUT2D eigenvalue weighted by Gasteiger charge is -2.23. The summed E-state index contributed by atoms with van der Waals surface area (Å²) in [4.78, 5) is 4.54. The molecule has 0 amide bonds. The Labute approximate surface area is 93.0 Å². The summed E-state index contributed by atoms with van der Waals surface area (Å²) in [5.41, 5.74) is 1.12. The number of nitrogens with one attached hydrogen (secondary N) is 1. The van der Waals surface area contributed by atoms with Crippen LogP contribution in [0.4, 0.5) is 0 Å². The van der Waals surface area contributed by atoms with Gasteiger partial charge in [0.1, 0.15) is 10.4 Å². The van der Waals surface area contributed by atoms with Crippen molar-refractivity contribution in [1.29, 1.82) is 0 Å². The van der Waals surface area contributed by atoms with Crippen molar-refractivity contribution in [3.63, 3.8) is 0 Å². The molecule has 1 aliphatic heterocycles. The summed E-state index contributed by atoms with van der Waals surface area (Å²) in [7, 11) is 2.02. The van der Waals surface area contributed by atoms with Crippen molar-refractivity contribution in [3.8, 4) is 0 Å². The van der Waals surface area contributed by atoms with Gasteiger partial charge in [-0.1, -0.05) is 0 Å². The molecule has 1 aliphatic rings. The molecule has 0 aliphatic carbocycles. The van der Waals surface area contributed by atoms with E-state index in [2.05, 4.69) is 37.7 Å². The predicted molar refractivity (Wildman–Crippen MR) is 60.4 cm³/mol. The van der Waals surface area contributed by atoms with Crippen LogP contribution in [-0.2, 0) is 13.0 Å². The molecule has 4 heteroatoms. The third kappa shape index (κ3) is 1.73. The lowest BCUT2D eigenvalue weighted by atomic mass is 10.00. The lowest BCUT2D eigenvalue weighted by molar-refractivity contribution is 0.353. The first-order valence-electron chi connectivity index (χ1n) is 5.08. The number of hydrogen-bond acceptors (Lipinski definition) is 2. The normalized spacial score (nSPS) is 20.9. The molecule has 1 N–H and O–H groups in total. The van der Waals surface area contributed by atoms with Crippen molar-refractivity contribution in [2.45, 2.75) is 26.3 Å². The average molecular weight is 258 g/mol. The standard InChI is InChI=1S/C10H16BrN3/c1-7-10(11)14-6-8(5-12-2)3-4-9(14)13-7/h8,12H,3-6H2,1-2H3. The fraction of sp³-hybridized carbons (Fsp3) is 0.700. The minimum Gasteiger partial charge on any atom is -0.322 e. The Morgan fingerprint density at radius 2 is 2.43 bits per heavy atom. The molecular weight excluding hydrogens is 242 g/mol. The van der Waals surface area contributed by atoms with Gasteiger partial charge in [0.05, 0.1) is 5.69 Å². The molecule has 1 aromatic rings. The van der Waals surface area contributed by atoms with E-state index in [1.165, 1.54) is 12.2 Å². The van der Waals surface area contributed by atoms with Gasteiger partial charge in [0, 0.05) is 13.0 Å². The topological polar surface area (TPSA) is 29.9 Å². The number of aryl methyl sites for hydroxylation is 2. The number of hydrogen-bond donors (Lipinski definition) is 1. The molecule has 2 rings (SSSR count). The Hall–Kier alpha value is -0.350. The van der Waals surface area contributed by atoms with Gasteiger partial charge >= 0.3 is 0 Å². The minimum atomic E-state index is 0.748. The molecule has 0 saturated heterocycles. The van der Waals surface area contributed by atoms with Gasteiger partial charge in [-0.25, -0.2) is 4.98 Å². The number of fused-ring (bicyclic) bond motifs is 1. The number of aromatic nitrogens is 2. The van der Waals surface area contributed by atoms with Crippen molar-refractivity contribution in [2.24, 2.45) is 5.92 Å². The van der Waals surface area contributed by atoms with Crippen molar-refractivity contribution in [2.75, 3.05) is 13.6 Å². The summed E-state index contributed by atoms with van der Waals surface area (Å²) < 4.78 is 3.47. The smallest absolute Gasteiger partial charge is 0.109 e. The van der Waals surface area contributed by atoms with Crippen molar-refractivity contribution in [1.82, 2.24) is 14.9 Å². The lowest BCUT2D eigenvalue weighted by Crippen LogP contribution is -2.28. The summed E-state index contributed by atoms with van der Waals surface area (Å²) in [6.45, 7) is 4.25. The first kappa shape index (κ1) is 10.2. The first-order chi connectivity index (χ1) is 6.72. The second-order valence-electron chi connectivity index (χ2n) is 3.98. The minimum absolute atomic E-state index is 0.748. The number of imidazole rings is 1. The Balaban J connectivity index is 2.20. The van der Waals surface area contributed by atoms with E-state index in [0.717, 1.165) is 35.7 Å². The van der Waals surface area contributed by atoms with Crippen LogP contribution in [0.1, 0.15) is 17.9 Å². The van der Waals surface area contributed by atoms with Crippen LogP contribution in [0, 0.1) is 12.8 Å². The zero-order chi connectivity index (χ0) is 10.1. The summed E-state index contributed by atoms with van der Waals surface area (Å²) >= 11 is 3.59. The second kappa shape index (κ2) is 4.03. The molecule has 0 fully saturated rings. The van der Waals surface area contributed by atoms with Crippen LogP contribution in [0.3, 0.4) is 0 Å². The van der Waals surface area contributed by atoms with Crippen LogP contribution in [0.25, 0.3) is 0 Å². The second-order valence-corrected chi connectivity index (χ2v) is 4.73. The third-order valence-corrected chi connectivity index (χ3v) is 3.86. The molecule has 0 saturated carbocycles. The highest BCUT2D eigenvalue weighted by atomic mass is 79.9. The van der Waals surface area contributed by atoms with E-state index in [1.54, 1.807) is 0 Å². The summed E-state index contributed by atoms with van der Waals surface area (Å²) in [6, 6.07) is 0. The van der Waals surface area contributed by atoms with Crippen LogP contribution in [-0.4, -0.2) is 23.1 Å². The highest BCUT2D eigenvalue weighted by Crippen LogP contribution is 2.26. The molecule has 0 bridgehead atoms. The summed E-state index contributed by atoms with van der Waals surface area (Å²) in [5, 5.41) is 3.25. The molecule has 0 aromatic carbocycles. The maximum atomic E-state index is 4.54. The largest absolute Gasteiger partial charge is 0.322 e. The van der Waals surface area contributed by atoms with Gasteiger partial charge in [0.2, 0.25) is 0 Å². The molecule has 1 unspecified atom stereocenters. The van der Waals surface area contributed by atoms with E-state index in [0.29, 0.717) is 0 Å². The van der Waals surface area contributed by atoms with E-state index in [-0.39, 0.29) is 0 Å².